The van der Waals surface area contributed by atoms with Gasteiger partial charge in [0.1, 0.15) is 17.7 Å². The lowest BCUT2D eigenvalue weighted by atomic mass is 9.89. The minimum atomic E-state index is -0.901. The van der Waals surface area contributed by atoms with Gasteiger partial charge in [-0.05, 0) is 78.0 Å². The van der Waals surface area contributed by atoms with E-state index < -0.39 is 29.3 Å². The maximum absolute atomic E-state index is 14.4. The van der Waals surface area contributed by atoms with E-state index in [2.05, 4.69) is 17.2 Å². The Morgan fingerprint density at radius 3 is 2.14 bits per heavy atom. The van der Waals surface area contributed by atoms with Gasteiger partial charge in [0.2, 0.25) is 11.8 Å². The second-order valence-electron chi connectivity index (χ2n) is 11.3. The minimum Gasteiger partial charge on any atom is -0.444 e. The molecule has 0 saturated heterocycles. The van der Waals surface area contributed by atoms with Crippen molar-refractivity contribution in [3.63, 3.8) is 0 Å². The van der Waals surface area contributed by atoms with Crippen molar-refractivity contribution in [1.29, 1.82) is 0 Å². The summed E-state index contributed by atoms with van der Waals surface area (Å²) in [6.45, 7) is 22.7. The topological polar surface area (TPSA) is 87.7 Å². The number of ether oxygens (including phenoxy) is 1. The highest BCUT2D eigenvalue weighted by Crippen LogP contribution is 2.33. The van der Waals surface area contributed by atoms with Crippen LogP contribution < -0.4 is 10.6 Å². The van der Waals surface area contributed by atoms with Crippen molar-refractivity contribution in [1.82, 2.24) is 15.5 Å². The molecule has 2 N–H and O–H groups in total. The predicted molar refractivity (Wildman–Crippen MR) is 146 cm³/mol. The van der Waals surface area contributed by atoms with Crippen molar-refractivity contribution in [2.45, 2.75) is 111 Å². The predicted octanol–water partition coefficient (Wildman–Crippen LogP) is 5.85. The van der Waals surface area contributed by atoms with Crippen LogP contribution in [0.2, 0.25) is 0 Å². The highest BCUT2D eigenvalue weighted by Gasteiger charge is 2.44. The second kappa shape index (κ2) is 12.9. The Bertz CT molecular complexity index is 917. The summed E-state index contributed by atoms with van der Waals surface area (Å²) in [7, 11) is 0. The Morgan fingerprint density at radius 1 is 1.06 bits per heavy atom. The molecule has 0 fully saturated rings. The molecule has 3 amide bonds. The van der Waals surface area contributed by atoms with Crippen molar-refractivity contribution in [3.05, 3.63) is 42.0 Å². The van der Waals surface area contributed by atoms with Crippen LogP contribution in [0.4, 0.5) is 4.79 Å². The van der Waals surface area contributed by atoms with E-state index in [9.17, 15) is 14.4 Å². The van der Waals surface area contributed by atoms with Gasteiger partial charge in [0.25, 0.3) is 0 Å². The van der Waals surface area contributed by atoms with Gasteiger partial charge < -0.3 is 20.3 Å². The lowest BCUT2D eigenvalue weighted by Crippen LogP contribution is -2.61. The number of hydrogen-bond donors (Lipinski definition) is 2. The van der Waals surface area contributed by atoms with Gasteiger partial charge in [0.05, 0.1) is 0 Å². The third-order valence-corrected chi connectivity index (χ3v) is 6.31. The molecule has 1 rings (SSSR count). The highest BCUT2D eigenvalue weighted by atomic mass is 16.6. The summed E-state index contributed by atoms with van der Waals surface area (Å²) < 4.78 is 5.47. The normalized spacial score (nSPS) is 14.4. The first-order valence-electron chi connectivity index (χ1n) is 12.9. The molecular weight excluding hydrogens is 454 g/mol. The summed E-state index contributed by atoms with van der Waals surface area (Å²) in [6, 6.07) is 5.60. The molecule has 0 radical (unpaired) electrons. The number of benzene rings is 1. The van der Waals surface area contributed by atoms with E-state index in [1.165, 1.54) is 0 Å². The van der Waals surface area contributed by atoms with Crippen LogP contribution in [0.5, 0.6) is 0 Å². The summed E-state index contributed by atoms with van der Waals surface area (Å²) in [5.74, 6) is -0.787. The van der Waals surface area contributed by atoms with Gasteiger partial charge in [0.15, 0.2) is 0 Å². The maximum atomic E-state index is 14.4. The summed E-state index contributed by atoms with van der Waals surface area (Å²) in [5.41, 5.74) is 0.129. The van der Waals surface area contributed by atoms with Crippen molar-refractivity contribution in [2.75, 3.05) is 0 Å². The molecule has 0 bridgehead atoms. The Kier molecular flexibility index (Phi) is 11.2. The van der Waals surface area contributed by atoms with Gasteiger partial charge in [-0.3, -0.25) is 9.59 Å². The SMILES string of the molecule is C=Cc1cccc(C(C(=O)NC(C)C)N(C(=O)C(NC(=O)OC(C)(C)C)C(C)CC)C(C)(C)CC)c1. The molecule has 0 aliphatic heterocycles. The number of carbonyl (C=O) groups excluding carboxylic acids is 3. The second-order valence-corrected chi connectivity index (χ2v) is 11.3. The molecule has 7 nitrogen and oxygen atoms in total. The van der Waals surface area contributed by atoms with E-state index in [4.69, 9.17) is 4.74 Å². The van der Waals surface area contributed by atoms with Crippen LogP contribution in [0.3, 0.4) is 0 Å². The zero-order valence-electron chi connectivity index (χ0n) is 23.9. The molecule has 3 unspecified atom stereocenters. The molecule has 7 heteroatoms. The highest BCUT2D eigenvalue weighted by molar-refractivity contribution is 5.93. The molecule has 0 spiro atoms. The number of nitrogens with one attached hydrogen (secondary N) is 2. The van der Waals surface area contributed by atoms with Crippen molar-refractivity contribution < 1.29 is 19.1 Å². The van der Waals surface area contributed by atoms with Crippen LogP contribution in [0.15, 0.2) is 30.8 Å². The molecule has 0 heterocycles. The smallest absolute Gasteiger partial charge is 0.408 e. The molecule has 0 saturated carbocycles. The van der Waals surface area contributed by atoms with Crippen LogP contribution in [-0.2, 0) is 14.3 Å². The molecule has 1 aromatic rings. The summed E-state index contributed by atoms with van der Waals surface area (Å²) >= 11 is 0. The zero-order valence-corrected chi connectivity index (χ0v) is 23.9. The van der Waals surface area contributed by atoms with Crippen LogP contribution in [0.1, 0.15) is 99.2 Å². The third kappa shape index (κ3) is 8.68. The fourth-order valence-corrected chi connectivity index (χ4v) is 3.85. The first kappa shape index (κ1) is 31.2. The molecule has 0 aliphatic carbocycles. The number of amides is 3. The Morgan fingerprint density at radius 2 is 1.67 bits per heavy atom. The lowest BCUT2D eigenvalue weighted by molar-refractivity contribution is -0.150. The summed E-state index contributed by atoms with van der Waals surface area (Å²) in [6.07, 6.45) is 2.31. The molecule has 1 aromatic carbocycles. The quantitative estimate of drug-likeness (QED) is 0.398. The van der Waals surface area contributed by atoms with E-state index >= 15 is 0 Å². The number of alkyl carbamates (subject to hydrolysis) is 1. The molecule has 3 atom stereocenters. The average molecular weight is 502 g/mol. The molecule has 202 valence electrons. The van der Waals surface area contributed by atoms with E-state index in [0.717, 1.165) is 5.56 Å². The first-order chi connectivity index (χ1) is 16.6. The van der Waals surface area contributed by atoms with Gasteiger partial charge >= 0.3 is 6.09 Å². The Hall–Kier alpha value is -2.83. The zero-order chi connectivity index (χ0) is 27.8. The monoisotopic (exact) mass is 501 g/mol. The van der Waals surface area contributed by atoms with Crippen LogP contribution in [-0.4, -0.2) is 46.0 Å². The van der Waals surface area contributed by atoms with Crippen molar-refractivity contribution in [2.24, 2.45) is 5.92 Å². The van der Waals surface area contributed by atoms with Crippen LogP contribution >= 0.6 is 0 Å². The third-order valence-electron chi connectivity index (χ3n) is 6.31. The standard InChI is InChI=1S/C29H47N3O4/c1-12-20(6)23(31-27(35)36-28(7,8)9)26(34)32(29(10,11)14-3)24(25(33)30-19(4)5)22-17-15-16-21(13-2)18-22/h13,15-20,23-24H,2,12,14H2,1,3-11H3,(H,30,33)(H,31,35). The lowest BCUT2D eigenvalue weighted by Gasteiger charge is -2.45. The minimum absolute atomic E-state index is 0.116. The number of carbonyl (C=O) groups is 3. The van der Waals surface area contributed by atoms with Gasteiger partial charge in [-0.15, -0.1) is 0 Å². The molecule has 0 aromatic heterocycles. The van der Waals surface area contributed by atoms with Gasteiger partial charge in [-0.1, -0.05) is 58.0 Å². The van der Waals surface area contributed by atoms with E-state index in [1.807, 2.05) is 72.7 Å². The van der Waals surface area contributed by atoms with Gasteiger partial charge in [-0.25, -0.2) is 4.79 Å². The summed E-state index contributed by atoms with van der Waals surface area (Å²) in [4.78, 5) is 42.4. The molecule has 36 heavy (non-hydrogen) atoms. The fourth-order valence-electron chi connectivity index (χ4n) is 3.85. The number of rotatable bonds is 11. The van der Waals surface area contributed by atoms with E-state index in [0.29, 0.717) is 18.4 Å². The van der Waals surface area contributed by atoms with Crippen LogP contribution in [0, 0.1) is 5.92 Å². The number of hydrogen-bond acceptors (Lipinski definition) is 4. The van der Waals surface area contributed by atoms with Gasteiger partial charge in [0, 0.05) is 11.6 Å². The Labute approximate surface area is 218 Å². The van der Waals surface area contributed by atoms with Crippen molar-refractivity contribution in [3.8, 4) is 0 Å². The maximum Gasteiger partial charge on any atom is 0.408 e. The first-order valence-corrected chi connectivity index (χ1v) is 12.9. The van der Waals surface area contributed by atoms with Gasteiger partial charge in [-0.2, -0.15) is 0 Å². The number of nitrogens with zero attached hydrogens (tertiary/aromatic N) is 1. The molecule has 0 aliphatic rings. The van der Waals surface area contributed by atoms with Crippen molar-refractivity contribution >= 4 is 24.0 Å². The van der Waals surface area contributed by atoms with Crippen LogP contribution in [0.25, 0.3) is 6.08 Å². The average Bonchev–Trinajstić information content (AvgIpc) is 2.78. The van der Waals surface area contributed by atoms with E-state index in [-0.39, 0.29) is 23.8 Å². The Balaban J connectivity index is 3.72. The van der Waals surface area contributed by atoms with E-state index in [1.54, 1.807) is 31.7 Å². The molecular formula is C29H47N3O4. The summed E-state index contributed by atoms with van der Waals surface area (Å²) in [5, 5.41) is 5.80. The largest absolute Gasteiger partial charge is 0.444 e. The fraction of sp³-hybridized carbons (Fsp3) is 0.621.